The third kappa shape index (κ3) is 5.75. The zero-order chi connectivity index (χ0) is 8.15. The zero-order valence-electron chi connectivity index (χ0n) is 6.42. The largest absolute Gasteiger partial charge is 0.462 e. The highest BCUT2D eigenvalue weighted by atomic mass is 32.2. The van der Waals surface area contributed by atoms with Crippen LogP contribution >= 0.6 is 0 Å². The molecule has 0 aromatic rings. The Bertz CT molecular complexity index is 142. The van der Waals surface area contributed by atoms with Crippen LogP contribution in [0.4, 0.5) is 0 Å². The van der Waals surface area contributed by atoms with Gasteiger partial charge in [0.1, 0.15) is 5.75 Å². The third-order valence-corrected chi connectivity index (χ3v) is 1.33. The molecule has 60 valence electrons. The summed E-state index contributed by atoms with van der Waals surface area (Å²) in [6.07, 6.45) is 1.36. The summed E-state index contributed by atoms with van der Waals surface area (Å²) in [5.74, 6) is -0.395. The Kier molecular flexibility index (Phi) is 4.27. The van der Waals surface area contributed by atoms with E-state index in [9.17, 15) is 9.00 Å². The van der Waals surface area contributed by atoms with Crippen molar-refractivity contribution in [2.75, 3.05) is 12.0 Å². The van der Waals surface area contributed by atoms with Crippen molar-refractivity contribution in [1.82, 2.24) is 0 Å². The quantitative estimate of drug-likeness (QED) is 0.564. The second-order valence-electron chi connectivity index (χ2n) is 2.26. The van der Waals surface area contributed by atoms with Crippen molar-refractivity contribution in [1.29, 1.82) is 0 Å². The van der Waals surface area contributed by atoms with Gasteiger partial charge in [0, 0.05) is 17.1 Å². The van der Waals surface area contributed by atoms with Crippen LogP contribution in [0.3, 0.4) is 0 Å². The van der Waals surface area contributed by atoms with Crippen molar-refractivity contribution in [2.45, 2.75) is 20.0 Å². The van der Waals surface area contributed by atoms with E-state index >= 15 is 0 Å². The van der Waals surface area contributed by atoms with Crippen LogP contribution in [0, 0.1) is 0 Å². The lowest BCUT2D eigenvalue weighted by Crippen LogP contribution is -2.17. The molecule has 0 spiro atoms. The van der Waals surface area contributed by atoms with Gasteiger partial charge in [0.25, 0.3) is 0 Å². The molecule has 1 atom stereocenters. The van der Waals surface area contributed by atoms with E-state index in [1.165, 1.54) is 6.26 Å². The Morgan fingerprint density at radius 1 is 1.60 bits per heavy atom. The lowest BCUT2D eigenvalue weighted by atomic mass is 10.5. The molecule has 0 radical (unpaired) electrons. The molecule has 0 heterocycles. The maximum absolute atomic E-state index is 10.6. The number of esters is 1. The SMILES string of the molecule is CC(C)OC(=O)CS(C)=O. The minimum absolute atomic E-state index is 0.00181. The summed E-state index contributed by atoms with van der Waals surface area (Å²) in [7, 11) is -1.09. The molecule has 0 rings (SSSR count). The highest BCUT2D eigenvalue weighted by Crippen LogP contribution is 1.89. The van der Waals surface area contributed by atoms with E-state index in [1.54, 1.807) is 13.8 Å². The number of ether oxygens (including phenoxy) is 1. The molecule has 0 fully saturated rings. The predicted octanol–water partition coefficient (Wildman–Crippen LogP) is 0.317. The molecule has 1 unspecified atom stereocenters. The van der Waals surface area contributed by atoms with Crippen molar-refractivity contribution in [3.8, 4) is 0 Å². The normalized spacial score (nSPS) is 13.2. The number of hydrogen-bond acceptors (Lipinski definition) is 3. The lowest BCUT2D eigenvalue weighted by molar-refractivity contribution is -0.144. The topological polar surface area (TPSA) is 43.4 Å². The fraction of sp³-hybridized carbons (Fsp3) is 0.833. The zero-order valence-corrected chi connectivity index (χ0v) is 7.23. The Balaban J connectivity index is 3.54. The Labute approximate surface area is 63.2 Å². The molecule has 0 aliphatic rings. The van der Waals surface area contributed by atoms with Crippen LogP contribution in [0.2, 0.25) is 0 Å². The molecule has 0 aromatic heterocycles. The maximum atomic E-state index is 10.6. The van der Waals surface area contributed by atoms with Gasteiger partial charge in [-0.15, -0.1) is 0 Å². The van der Waals surface area contributed by atoms with Gasteiger partial charge in [-0.2, -0.15) is 0 Å². The van der Waals surface area contributed by atoms with E-state index in [0.29, 0.717) is 0 Å². The fourth-order valence-corrected chi connectivity index (χ4v) is 0.863. The van der Waals surface area contributed by atoms with E-state index in [1.807, 2.05) is 0 Å². The number of carbonyl (C=O) groups is 1. The smallest absolute Gasteiger partial charge is 0.318 e. The van der Waals surface area contributed by atoms with E-state index in [2.05, 4.69) is 0 Å². The van der Waals surface area contributed by atoms with Crippen LogP contribution in [-0.2, 0) is 20.3 Å². The van der Waals surface area contributed by atoms with Crippen LogP contribution < -0.4 is 0 Å². The van der Waals surface area contributed by atoms with Crippen LogP contribution in [0.15, 0.2) is 0 Å². The van der Waals surface area contributed by atoms with Crippen molar-refractivity contribution >= 4 is 16.8 Å². The summed E-state index contributed by atoms with van der Waals surface area (Å²) in [5.41, 5.74) is 0. The Morgan fingerprint density at radius 2 is 2.10 bits per heavy atom. The second kappa shape index (κ2) is 4.44. The van der Waals surface area contributed by atoms with Gasteiger partial charge in [0.2, 0.25) is 0 Å². The highest BCUT2D eigenvalue weighted by Gasteiger charge is 2.06. The average molecular weight is 164 g/mol. The number of carbonyl (C=O) groups excluding carboxylic acids is 1. The summed E-state index contributed by atoms with van der Waals surface area (Å²) in [6, 6.07) is 0. The number of hydrogen-bond donors (Lipinski definition) is 0. The minimum atomic E-state index is -1.09. The first-order valence-corrected chi connectivity index (χ1v) is 4.74. The first kappa shape index (κ1) is 9.62. The lowest BCUT2D eigenvalue weighted by Gasteiger charge is -2.05. The molecule has 3 nitrogen and oxygen atoms in total. The van der Waals surface area contributed by atoms with Crippen LogP contribution in [0.5, 0.6) is 0 Å². The molecule has 0 bridgehead atoms. The molecule has 10 heavy (non-hydrogen) atoms. The molecule has 0 amide bonds. The molecule has 0 aliphatic heterocycles. The van der Waals surface area contributed by atoms with Crippen LogP contribution in [0.1, 0.15) is 13.8 Å². The van der Waals surface area contributed by atoms with Gasteiger partial charge in [-0.25, -0.2) is 0 Å². The fourth-order valence-electron chi connectivity index (χ4n) is 0.463. The molecule has 4 heteroatoms. The monoisotopic (exact) mass is 164 g/mol. The van der Waals surface area contributed by atoms with E-state index < -0.39 is 16.8 Å². The van der Waals surface area contributed by atoms with E-state index in [-0.39, 0.29) is 11.9 Å². The standard InChI is InChI=1S/C6H12O3S/c1-5(2)9-6(7)4-10(3)8/h5H,4H2,1-3H3. The van der Waals surface area contributed by atoms with Gasteiger partial charge in [-0.1, -0.05) is 0 Å². The number of rotatable bonds is 3. The molecule has 0 aromatic carbocycles. The summed E-state index contributed by atoms with van der Waals surface area (Å²) in [6.45, 7) is 3.52. The molecule has 0 aliphatic carbocycles. The van der Waals surface area contributed by atoms with Gasteiger partial charge in [0.15, 0.2) is 0 Å². The molecule has 0 saturated carbocycles. The average Bonchev–Trinajstić information content (AvgIpc) is 1.58. The van der Waals surface area contributed by atoms with Gasteiger partial charge in [-0.05, 0) is 13.8 Å². The first-order valence-electron chi connectivity index (χ1n) is 3.02. The molecular formula is C6H12O3S. The maximum Gasteiger partial charge on any atom is 0.318 e. The van der Waals surface area contributed by atoms with Gasteiger partial charge in [-0.3, -0.25) is 9.00 Å². The third-order valence-electron chi connectivity index (χ3n) is 0.688. The summed E-state index contributed by atoms with van der Waals surface area (Å²) >= 11 is 0. The van der Waals surface area contributed by atoms with Crippen LogP contribution in [-0.4, -0.2) is 28.3 Å². The first-order chi connectivity index (χ1) is 4.52. The molecular weight excluding hydrogens is 152 g/mol. The van der Waals surface area contributed by atoms with E-state index in [0.717, 1.165) is 0 Å². The van der Waals surface area contributed by atoms with E-state index in [4.69, 9.17) is 4.74 Å². The van der Waals surface area contributed by atoms with Crippen molar-refractivity contribution in [3.63, 3.8) is 0 Å². The van der Waals surface area contributed by atoms with Gasteiger partial charge >= 0.3 is 5.97 Å². The predicted molar refractivity (Wildman–Crippen MR) is 40.2 cm³/mol. The Hall–Kier alpha value is -0.380. The summed E-state index contributed by atoms with van der Waals surface area (Å²) < 4.78 is 15.2. The van der Waals surface area contributed by atoms with Crippen molar-refractivity contribution in [3.05, 3.63) is 0 Å². The summed E-state index contributed by atoms with van der Waals surface area (Å²) in [5, 5.41) is 0. The summed E-state index contributed by atoms with van der Waals surface area (Å²) in [4.78, 5) is 10.6. The Morgan fingerprint density at radius 3 is 2.40 bits per heavy atom. The second-order valence-corrected chi connectivity index (χ2v) is 3.69. The minimum Gasteiger partial charge on any atom is -0.462 e. The highest BCUT2D eigenvalue weighted by molar-refractivity contribution is 7.84. The van der Waals surface area contributed by atoms with Crippen LogP contribution in [0.25, 0.3) is 0 Å². The van der Waals surface area contributed by atoms with Gasteiger partial charge in [0.05, 0.1) is 6.10 Å². The van der Waals surface area contributed by atoms with Crippen molar-refractivity contribution < 1.29 is 13.7 Å². The molecule has 0 N–H and O–H groups in total. The van der Waals surface area contributed by atoms with Crippen molar-refractivity contribution in [2.24, 2.45) is 0 Å². The molecule has 0 saturated heterocycles. The van der Waals surface area contributed by atoms with Gasteiger partial charge < -0.3 is 4.74 Å².